The number of aliphatic hydroxyl groups excluding tert-OH is 1. The van der Waals surface area contributed by atoms with Gasteiger partial charge in [-0.15, -0.1) is 12.4 Å². The van der Waals surface area contributed by atoms with Crippen molar-refractivity contribution in [2.45, 2.75) is 22.4 Å². The molecule has 1 fully saturated rings. The van der Waals surface area contributed by atoms with Crippen LogP contribution >= 0.6 is 24.2 Å². The molecule has 0 saturated carbocycles. The Labute approximate surface area is 191 Å². The van der Waals surface area contributed by atoms with Crippen LogP contribution in [0.3, 0.4) is 0 Å². The van der Waals surface area contributed by atoms with E-state index in [1.807, 2.05) is 24.3 Å². The number of halogens is 4. The molecule has 0 aliphatic carbocycles. The topological polar surface area (TPSA) is 26.7 Å². The zero-order valence-corrected chi connectivity index (χ0v) is 18.7. The van der Waals surface area contributed by atoms with Crippen molar-refractivity contribution in [1.82, 2.24) is 9.80 Å². The van der Waals surface area contributed by atoms with Crippen LogP contribution in [0.25, 0.3) is 5.57 Å². The number of fused-ring (bicyclic) bond motifs is 2. The minimum Gasteiger partial charge on any atom is -0.395 e. The molecule has 31 heavy (non-hydrogen) atoms. The van der Waals surface area contributed by atoms with E-state index in [-0.39, 0.29) is 19.0 Å². The number of hydrogen-bond acceptors (Lipinski definition) is 4. The fraction of sp³-hybridized carbons (Fsp3) is 0.391. The summed E-state index contributed by atoms with van der Waals surface area (Å²) in [6.45, 7) is 5.55. The Balaban J connectivity index is 0.00000272. The highest BCUT2D eigenvalue weighted by atomic mass is 35.5. The molecule has 0 radical (unpaired) electrons. The van der Waals surface area contributed by atoms with Crippen LogP contribution in [-0.2, 0) is 6.18 Å². The van der Waals surface area contributed by atoms with Gasteiger partial charge in [-0.25, -0.2) is 0 Å². The quantitative estimate of drug-likeness (QED) is 0.566. The summed E-state index contributed by atoms with van der Waals surface area (Å²) in [7, 11) is 0. The van der Waals surface area contributed by atoms with Gasteiger partial charge in [0.05, 0.1) is 12.2 Å². The Morgan fingerprint density at radius 2 is 1.55 bits per heavy atom. The normalized spacial score (nSPS) is 18.4. The van der Waals surface area contributed by atoms with Crippen molar-refractivity contribution in [3.63, 3.8) is 0 Å². The number of piperazine rings is 1. The molecule has 0 amide bonds. The van der Waals surface area contributed by atoms with Crippen LogP contribution in [0.15, 0.2) is 58.3 Å². The predicted molar refractivity (Wildman–Crippen MR) is 121 cm³/mol. The van der Waals surface area contributed by atoms with Crippen LogP contribution in [0.5, 0.6) is 0 Å². The van der Waals surface area contributed by atoms with Crippen molar-refractivity contribution in [2.24, 2.45) is 0 Å². The Hall–Kier alpha value is -1.51. The van der Waals surface area contributed by atoms with E-state index in [2.05, 4.69) is 15.9 Å². The first-order valence-electron chi connectivity index (χ1n) is 10.2. The molecule has 0 aromatic heterocycles. The van der Waals surface area contributed by atoms with Crippen LogP contribution in [0, 0.1) is 0 Å². The van der Waals surface area contributed by atoms with Crippen LogP contribution in [-0.4, -0.2) is 60.8 Å². The molecule has 0 unspecified atom stereocenters. The molecule has 168 valence electrons. The van der Waals surface area contributed by atoms with Gasteiger partial charge in [0, 0.05) is 49.1 Å². The minimum absolute atomic E-state index is 0. The smallest absolute Gasteiger partial charge is 0.395 e. The summed E-state index contributed by atoms with van der Waals surface area (Å²) in [4.78, 5) is 6.57. The first kappa shape index (κ1) is 24.1. The van der Waals surface area contributed by atoms with Gasteiger partial charge in [0.2, 0.25) is 0 Å². The van der Waals surface area contributed by atoms with Crippen molar-refractivity contribution in [1.29, 1.82) is 0 Å². The van der Waals surface area contributed by atoms with E-state index >= 15 is 0 Å². The van der Waals surface area contributed by atoms with Gasteiger partial charge in [-0.3, -0.25) is 4.90 Å². The van der Waals surface area contributed by atoms with Gasteiger partial charge < -0.3 is 10.0 Å². The summed E-state index contributed by atoms with van der Waals surface area (Å²) in [5, 5.41) is 9.06. The SMILES string of the molecule is Cl.OCCN1CCN(CCC=C2c3ccccc3Sc3ccc(C(F)(F)F)cc32)CC1. The Morgan fingerprint density at radius 1 is 0.903 bits per heavy atom. The van der Waals surface area contributed by atoms with Gasteiger partial charge >= 0.3 is 6.18 Å². The monoisotopic (exact) mass is 470 g/mol. The third kappa shape index (κ3) is 5.65. The molecule has 2 heterocycles. The second-order valence-corrected chi connectivity index (χ2v) is 8.70. The van der Waals surface area contributed by atoms with E-state index in [1.54, 1.807) is 6.07 Å². The molecule has 3 nitrogen and oxygen atoms in total. The van der Waals surface area contributed by atoms with Crippen LogP contribution in [0.1, 0.15) is 23.1 Å². The van der Waals surface area contributed by atoms with Gasteiger partial charge in [0.25, 0.3) is 0 Å². The largest absolute Gasteiger partial charge is 0.416 e. The van der Waals surface area contributed by atoms with Crippen molar-refractivity contribution < 1.29 is 18.3 Å². The molecule has 2 aliphatic rings. The zero-order valence-electron chi connectivity index (χ0n) is 17.1. The van der Waals surface area contributed by atoms with Crippen LogP contribution in [0.4, 0.5) is 13.2 Å². The number of β-amino-alcohol motifs (C(OH)–C–C–N with tert-alkyl or cyclic N) is 1. The Bertz CT molecular complexity index is 927. The van der Waals surface area contributed by atoms with Crippen molar-refractivity contribution in [3.8, 4) is 0 Å². The highest BCUT2D eigenvalue weighted by molar-refractivity contribution is 7.99. The van der Waals surface area contributed by atoms with Gasteiger partial charge in [0.15, 0.2) is 0 Å². The van der Waals surface area contributed by atoms with E-state index in [0.717, 1.165) is 60.1 Å². The average molecular weight is 471 g/mol. The highest BCUT2D eigenvalue weighted by Crippen LogP contribution is 2.47. The molecule has 0 atom stereocenters. The molecule has 4 rings (SSSR count). The second kappa shape index (κ2) is 10.4. The minimum atomic E-state index is -4.35. The van der Waals surface area contributed by atoms with Crippen LogP contribution < -0.4 is 0 Å². The van der Waals surface area contributed by atoms with Gasteiger partial charge in [-0.2, -0.15) is 13.2 Å². The molecule has 1 saturated heterocycles. The first-order valence-corrected chi connectivity index (χ1v) is 11.0. The summed E-state index contributed by atoms with van der Waals surface area (Å²) < 4.78 is 39.9. The van der Waals surface area contributed by atoms with Crippen molar-refractivity contribution >= 4 is 29.7 Å². The molecular formula is C23H26ClF3N2OS. The number of benzene rings is 2. The number of alkyl halides is 3. The molecule has 2 aromatic carbocycles. The Kier molecular flexibility index (Phi) is 8.10. The summed E-state index contributed by atoms with van der Waals surface area (Å²) in [6.07, 6.45) is -1.47. The number of nitrogens with zero attached hydrogens (tertiary/aromatic N) is 2. The lowest BCUT2D eigenvalue weighted by Crippen LogP contribution is -2.47. The molecule has 0 bridgehead atoms. The summed E-state index contributed by atoms with van der Waals surface area (Å²) >= 11 is 1.53. The molecule has 2 aliphatic heterocycles. The standard InChI is InChI=1S/C23H25F3N2OS.ClH/c24-23(25,26)17-7-8-22-20(16-17)18(19-4-1-2-6-21(19)30-22)5-3-9-27-10-12-28(13-11-27)14-15-29;/h1-2,4-8,16,29H,3,9-15H2;1H. The van der Waals surface area contributed by atoms with Gasteiger partial charge in [-0.1, -0.05) is 36.0 Å². The van der Waals surface area contributed by atoms with Crippen molar-refractivity contribution in [3.05, 3.63) is 65.2 Å². The molecule has 1 N–H and O–H groups in total. The Morgan fingerprint density at radius 3 is 2.23 bits per heavy atom. The van der Waals surface area contributed by atoms with E-state index in [4.69, 9.17) is 5.11 Å². The van der Waals surface area contributed by atoms with E-state index in [9.17, 15) is 13.2 Å². The first-order chi connectivity index (χ1) is 14.5. The second-order valence-electron chi connectivity index (χ2n) is 7.62. The molecular weight excluding hydrogens is 445 g/mol. The molecule has 8 heteroatoms. The maximum absolute atomic E-state index is 13.3. The lowest BCUT2D eigenvalue weighted by Gasteiger charge is -2.34. The summed E-state index contributed by atoms with van der Waals surface area (Å²) in [6, 6.07) is 12.0. The third-order valence-electron chi connectivity index (χ3n) is 5.67. The maximum atomic E-state index is 13.3. The average Bonchev–Trinajstić information content (AvgIpc) is 2.73. The third-order valence-corrected chi connectivity index (χ3v) is 6.82. The highest BCUT2D eigenvalue weighted by Gasteiger charge is 2.32. The van der Waals surface area contributed by atoms with Crippen LogP contribution in [0.2, 0.25) is 0 Å². The number of hydrogen-bond donors (Lipinski definition) is 1. The summed E-state index contributed by atoms with van der Waals surface area (Å²) in [5.41, 5.74) is 1.96. The fourth-order valence-electron chi connectivity index (χ4n) is 4.04. The number of rotatable bonds is 5. The maximum Gasteiger partial charge on any atom is 0.416 e. The van der Waals surface area contributed by atoms with E-state index in [1.165, 1.54) is 23.9 Å². The zero-order chi connectivity index (χ0) is 21.1. The van der Waals surface area contributed by atoms with E-state index in [0.29, 0.717) is 12.1 Å². The van der Waals surface area contributed by atoms with Crippen molar-refractivity contribution in [2.75, 3.05) is 45.9 Å². The van der Waals surface area contributed by atoms with Gasteiger partial charge in [-0.05, 0) is 47.4 Å². The lowest BCUT2D eigenvalue weighted by molar-refractivity contribution is -0.137. The molecule has 2 aromatic rings. The predicted octanol–water partition coefficient (Wildman–Crippen LogP) is 5.02. The summed E-state index contributed by atoms with van der Waals surface area (Å²) in [5.74, 6) is 0. The van der Waals surface area contributed by atoms with Gasteiger partial charge in [0.1, 0.15) is 0 Å². The molecule has 0 spiro atoms. The lowest BCUT2D eigenvalue weighted by atomic mass is 9.94. The number of aliphatic hydroxyl groups is 1. The van der Waals surface area contributed by atoms with E-state index < -0.39 is 11.7 Å². The fourth-order valence-corrected chi connectivity index (χ4v) is 5.12.